The van der Waals surface area contributed by atoms with Crippen molar-refractivity contribution in [2.45, 2.75) is 13.5 Å². The number of aryl methyl sites for hydroxylation is 1. The highest BCUT2D eigenvalue weighted by Gasteiger charge is 2.06. The first-order valence-electron chi connectivity index (χ1n) is 5.81. The SMILES string of the molecule is COc1ccc(COc2cc(C)ccc2F)cc1F. The Balaban J connectivity index is 2.10. The van der Waals surface area contributed by atoms with E-state index in [-0.39, 0.29) is 18.1 Å². The van der Waals surface area contributed by atoms with E-state index in [0.717, 1.165) is 5.56 Å². The lowest BCUT2D eigenvalue weighted by molar-refractivity contribution is 0.289. The zero-order valence-electron chi connectivity index (χ0n) is 10.7. The second-order valence-corrected chi connectivity index (χ2v) is 4.19. The van der Waals surface area contributed by atoms with E-state index in [1.54, 1.807) is 18.2 Å². The summed E-state index contributed by atoms with van der Waals surface area (Å²) >= 11 is 0. The Hall–Kier alpha value is -2.10. The monoisotopic (exact) mass is 264 g/mol. The fourth-order valence-corrected chi connectivity index (χ4v) is 1.68. The molecule has 0 radical (unpaired) electrons. The molecule has 2 rings (SSSR count). The summed E-state index contributed by atoms with van der Waals surface area (Å²) in [4.78, 5) is 0. The van der Waals surface area contributed by atoms with Crippen molar-refractivity contribution in [1.29, 1.82) is 0 Å². The van der Waals surface area contributed by atoms with Crippen molar-refractivity contribution in [2.75, 3.05) is 7.11 Å². The molecule has 0 atom stereocenters. The van der Waals surface area contributed by atoms with E-state index in [1.165, 1.54) is 25.3 Å². The number of halogens is 2. The van der Waals surface area contributed by atoms with E-state index < -0.39 is 11.6 Å². The number of benzene rings is 2. The third-order valence-electron chi connectivity index (χ3n) is 2.70. The second-order valence-electron chi connectivity index (χ2n) is 4.19. The number of rotatable bonds is 4. The van der Waals surface area contributed by atoms with Gasteiger partial charge in [-0.15, -0.1) is 0 Å². The summed E-state index contributed by atoms with van der Waals surface area (Å²) in [5, 5.41) is 0. The van der Waals surface area contributed by atoms with Crippen LogP contribution in [0.4, 0.5) is 8.78 Å². The molecule has 0 N–H and O–H groups in total. The van der Waals surface area contributed by atoms with Crippen LogP contribution in [0.25, 0.3) is 0 Å². The van der Waals surface area contributed by atoms with Gasteiger partial charge in [0.2, 0.25) is 0 Å². The van der Waals surface area contributed by atoms with Gasteiger partial charge in [-0.05, 0) is 42.3 Å². The molecule has 0 fully saturated rings. The average molecular weight is 264 g/mol. The zero-order chi connectivity index (χ0) is 13.8. The van der Waals surface area contributed by atoms with Gasteiger partial charge in [0.1, 0.15) is 6.61 Å². The highest BCUT2D eigenvalue weighted by atomic mass is 19.1. The number of ether oxygens (including phenoxy) is 2. The van der Waals surface area contributed by atoms with Crippen LogP contribution >= 0.6 is 0 Å². The van der Waals surface area contributed by atoms with Gasteiger partial charge in [-0.1, -0.05) is 12.1 Å². The van der Waals surface area contributed by atoms with Crippen LogP contribution in [0.5, 0.6) is 11.5 Å². The molecular formula is C15H14F2O2. The smallest absolute Gasteiger partial charge is 0.165 e. The summed E-state index contributed by atoms with van der Waals surface area (Å²) in [7, 11) is 1.40. The van der Waals surface area contributed by atoms with E-state index in [0.29, 0.717) is 5.56 Å². The maximum atomic E-state index is 13.5. The third kappa shape index (κ3) is 3.22. The molecule has 2 nitrogen and oxygen atoms in total. The summed E-state index contributed by atoms with van der Waals surface area (Å²) in [5.41, 5.74) is 1.51. The Morgan fingerprint density at radius 2 is 1.74 bits per heavy atom. The molecule has 0 saturated carbocycles. The quantitative estimate of drug-likeness (QED) is 0.834. The molecule has 19 heavy (non-hydrogen) atoms. The summed E-state index contributed by atoms with van der Waals surface area (Å²) < 4.78 is 37.1. The van der Waals surface area contributed by atoms with Crippen LogP contribution in [-0.2, 0) is 6.61 Å². The molecule has 0 spiro atoms. The van der Waals surface area contributed by atoms with Crippen molar-refractivity contribution < 1.29 is 18.3 Å². The number of hydrogen-bond acceptors (Lipinski definition) is 2. The van der Waals surface area contributed by atoms with Gasteiger partial charge >= 0.3 is 0 Å². The molecule has 0 heterocycles. The van der Waals surface area contributed by atoms with Crippen molar-refractivity contribution in [1.82, 2.24) is 0 Å². The highest BCUT2D eigenvalue weighted by molar-refractivity contribution is 5.31. The van der Waals surface area contributed by atoms with E-state index >= 15 is 0 Å². The minimum absolute atomic E-state index is 0.0985. The molecule has 0 unspecified atom stereocenters. The Bertz CT molecular complexity index is 582. The van der Waals surface area contributed by atoms with Crippen LogP contribution in [0, 0.1) is 18.6 Å². The van der Waals surface area contributed by atoms with Gasteiger partial charge in [0.25, 0.3) is 0 Å². The predicted molar refractivity (Wildman–Crippen MR) is 68.4 cm³/mol. The lowest BCUT2D eigenvalue weighted by atomic mass is 10.2. The lowest BCUT2D eigenvalue weighted by Gasteiger charge is -2.09. The first kappa shape index (κ1) is 13.3. The molecule has 0 saturated heterocycles. The van der Waals surface area contributed by atoms with Crippen molar-refractivity contribution in [2.24, 2.45) is 0 Å². The first-order chi connectivity index (χ1) is 9.10. The molecule has 0 aliphatic rings. The zero-order valence-corrected chi connectivity index (χ0v) is 10.7. The van der Waals surface area contributed by atoms with Crippen molar-refractivity contribution in [3.05, 3.63) is 59.2 Å². The van der Waals surface area contributed by atoms with Gasteiger partial charge in [-0.3, -0.25) is 0 Å². The number of methoxy groups -OCH3 is 1. The molecule has 0 amide bonds. The molecule has 4 heteroatoms. The van der Waals surface area contributed by atoms with Gasteiger partial charge in [-0.25, -0.2) is 8.78 Å². The van der Waals surface area contributed by atoms with E-state index in [2.05, 4.69) is 0 Å². The van der Waals surface area contributed by atoms with Gasteiger partial charge in [0, 0.05) is 0 Å². The van der Waals surface area contributed by atoms with Crippen LogP contribution < -0.4 is 9.47 Å². The predicted octanol–water partition coefficient (Wildman–Crippen LogP) is 3.86. The molecule has 100 valence electrons. The second kappa shape index (κ2) is 5.69. The van der Waals surface area contributed by atoms with Crippen LogP contribution in [-0.4, -0.2) is 7.11 Å². The molecule has 2 aromatic carbocycles. The largest absolute Gasteiger partial charge is 0.494 e. The summed E-state index contributed by atoms with van der Waals surface area (Å²) in [5.74, 6) is -0.561. The van der Waals surface area contributed by atoms with E-state index in [1.807, 2.05) is 6.92 Å². The van der Waals surface area contributed by atoms with Crippen LogP contribution in [0.3, 0.4) is 0 Å². The van der Waals surface area contributed by atoms with Gasteiger partial charge in [0.05, 0.1) is 7.11 Å². The maximum absolute atomic E-state index is 13.5. The van der Waals surface area contributed by atoms with Crippen molar-refractivity contribution in [3.63, 3.8) is 0 Å². The third-order valence-corrected chi connectivity index (χ3v) is 2.70. The molecule has 0 aliphatic heterocycles. The minimum Gasteiger partial charge on any atom is -0.494 e. The Kier molecular flexibility index (Phi) is 4.00. The first-order valence-corrected chi connectivity index (χ1v) is 5.81. The Morgan fingerprint density at radius 3 is 2.42 bits per heavy atom. The Labute approximate surface area is 110 Å². The fraction of sp³-hybridized carbons (Fsp3) is 0.200. The highest BCUT2D eigenvalue weighted by Crippen LogP contribution is 2.22. The van der Waals surface area contributed by atoms with Crippen molar-refractivity contribution in [3.8, 4) is 11.5 Å². The molecule has 0 bridgehead atoms. The molecule has 2 aromatic rings. The average Bonchev–Trinajstić information content (AvgIpc) is 2.40. The van der Waals surface area contributed by atoms with E-state index in [4.69, 9.17) is 9.47 Å². The van der Waals surface area contributed by atoms with E-state index in [9.17, 15) is 8.78 Å². The maximum Gasteiger partial charge on any atom is 0.165 e. The van der Waals surface area contributed by atoms with Gasteiger partial charge in [-0.2, -0.15) is 0 Å². The topological polar surface area (TPSA) is 18.5 Å². The summed E-state index contributed by atoms with van der Waals surface area (Å²) in [6.07, 6.45) is 0. The molecule has 0 aromatic heterocycles. The van der Waals surface area contributed by atoms with Gasteiger partial charge in [0.15, 0.2) is 23.1 Å². The van der Waals surface area contributed by atoms with Crippen LogP contribution in [0.1, 0.15) is 11.1 Å². The normalized spacial score (nSPS) is 10.3. The Morgan fingerprint density at radius 1 is 0.947 bits per heavy atom. The molecule has 0 aliphatic carbocycles. The van der Waals surface area contributed by atoms with Crippen LogP contribution in [0.2, 0.25) is 0 Å². The number of hydrogen-bond donors (Lipinski definition) is 0. The molecular weight excluding hydrogens is 250 g/mol. The summed E-state index contributed by atoms with van der Waals surface area (Å²) in [6, 6.07) is 9.12. The minimum atomic E-state index is -0.465. The van der Waals surface area contributed by atoms with Crippen LogP contribution in [0.15, 0.2) is 36.4 Å². The van der Waals surface area contributed by atoms with Crippen molar-refractivity contribution >= 4 is 0 Å². The standard InChI is InChI=1S/C15H14F2O2/c1-10-3-5-12(16)15(7-10)19-9-11-4-6-14(18-2)13(17)8-11/h3-8H,9H2,1-2H3. The lowest BCUT2D eigenvalue weighted by Crippen LogP contribution is -1.99. The van der Waals surface area contributed by atoms with Gasteiger partial charge < -0.3 is 9.47 Å². The summed E-state index contributed by atoms with van der Waals surface area (Å²) in [6.45, 7) is 1.95. The fourth-order valence-electron chi connectivity index (χ4n) is 1.68.